The van der Waals surface area contributed by atoms with Gasteiger partial charge in [0.25, 0.3) is 5.91 Å². The lowest BCUT2D eigenvalue weighted by Crippen LogP contribution is -2.40. The number of hydrogen-bond donors (Lipinski definition) is 1. The third kappa shape index (κ3) is 3.45. The lowest BCUT2D eigenvalue weighted by molar-refractivity contribution is 0.0924. The second kappa shape index (κ2) is 6.73. The quantitative estimate of drug-likeness (QED) is 0.848. The van der Waals surface area contributed by atoms with Crippen molar-refractivity contribution in [2.24, 2.45) is 5.92 Å². The molecule has 1 unspecified atom stereocenters. The van der Waals surface area contributed by atoms with Crippen LogP contribution >= 0.6 is 15.9 Å². The molecule has 0 aliphatic heterocycles. The standard InChI is InChI=1S/C13H17BrFNO2/c1-8(2)10(7-14)16-13(17)12-9(15)5-4-6-11(12)18-3/h4-6,8,10H,7H2,1-3H3,(H,16,17). The van der Waals surface area contributed by atoms with Crippen LogP contribution in [0.3, 0.4) is 0 Å². The lowest BCUT2D eigenvalue weighted by Gasteiger charge is -2.20. The molecule has 1 atom stereocenters. The fourth-order valence-electron chi connectivity index (χ4n) is 1.52. The van der Waals surface area contributed by atoms with Crippen LogP contribution in [-0.4, -0.2) is 24.4 Å². The van der Waals surface area contributed by atoms with E-state index in [0.717, 1.165) is 0 Å². The highest BCUT2D eigenvalue weighted by atomic mass is 79.9. The van der Waals surface area contributed by atoms with Gasteiger partial charge in [-0.2, -0.15) is 0 Å². The maximum atomic E-state index is 13.7. The number of halogens is 2. The molecule has 18 heavy (non-hydrogen) atoms. The van der Waals surface area contributed by atoms with Crippen LogP contribution in [0.4, 0.5) is 4.39 Å². The number of ether oxygens (including phenoxy) is 1. The molecule has 3 nitrogen and oxygen atoms in total. The molecule has 1 N–H and O–H groups in total. The first-order valence-corrected chi connectivity index (χ1v) is 6.82. The third-order valence-corrected chi connectivity index (χ3v) is 3.41. The number of rotatable bonds is 5. The predicted octanol–water partition coefficient (Wildman–Crippen LogP) is 2.98. The number of carbonyl (C=O) groups is 1. The Kier molecular flexibility index (Phi) is 5.59. The molecule has 0 heterocycles. The van der Waals surface area contributed by atoms with Crippen molar-refractivity contribution >= 4 is 21.8 Å². The third-order valence-electron chi connectivity index (χ3n) is 2.71. The van der Waals surface area contributed by atoms with Crippen LogP contribution in [0.25, 0.3) is 0 Å². The van der Waals surface area contributed by atoms with Crippen molar-refractivity contribution in [2.75, 3.05) is 12.4 Å². The van der Waals surface area contributed by atoms with Gasteiger partial charge in [0.1, 0.15) is 17.1 Å². The van der Waals surface area contributed by atoms with Crippen molar-refractivity contribution in [3.8, 4) is 5.75 Å². The molecule has 1 aromatic rings. The molecule has 0 aliphatic carbocycles. The van der Waals surface area contributed by atoms with Gasteiger partial charge in [0.2, 0.25) is 0 Å². The van der Waals surface area contributed by atoms with E-state index in [4.69, 9.17) is 4.74 Å². The van der Waals surface area contributed by atoms with Gasteiger partial charge in [0, 0.05) is 11.4 Å². The number of amides is 1. The first-order valence-electron chi connectivity index (χ1n) is 5.70. The molecule has 0 spiro atoms. The Morgan fingerprint density at radius 3 is 2.67 bits per heavy atom. The summed E-state index contributed by atoms with van der Waals surface area (Å²) in [6.45, 7) is 3.98. The average molecular weight is 318 g/mol. The SMILES string of the molecule is COc1cccc(F)c1C(=O)NC(CBr)C(C)C. The van der Waals surface area contributed by atoms with Crippen LogP contribution in [0.5, 0.6) is 5.75 Å². The summed E-state index contributed by atoms with van der Waals surface area (Å²) in [6.07, 6.45) is 0. The lowest BCUT2D eigenvalue weighted by atomic mass is 10.1. The molecular weight excluding hydrogens is 301 g/mol. The predicted molar refractivity (Wildman–Crippen MR) is 72.8 cm³/mol. The highest BCUT2D eigenvalue weighted by Crippen LogP contribution is 2.21. The second-order valence-corrected chi connectivity index (χ2v) is 4.94. The first-order chi connectivity index (χ1) is 8.51. The monoisotopic (exact) mass is 317 g/mol. The fourth-order valence-corrected chi connectivity index (χ4v) is 2.43. The van der Waals surface area contributed by atoms with Gasteiger partial charge < -0.3 is 10.1 Å². The summed E-state index contributed by atoms with van der Waals surface area (Å²) in [5.74, 6) is -0.539. The zero-order valence-corrected chi connectivity index (χ0v) is 12.3. The van der Waals surface area contributed by atoms with E-state index >= 15 is 0 Å². The van der Waals surface area contributed by atoms with Gasteiger partial charge in [-0.1, -0.05) is 35.8 Å². The minimum atomic E-state index is -0.580. The number of methoxy groups -OCH3 is 1. The van der Waals surface area contributed by atoms with Crippen molar-refractivity contribution in [1.82, 2.24) is 5.32 Å². The highest BCUT2D eigenvalue weighted by Gasteiger charge is 2.21. The van der Waals surface area contributed by atoms with E-state index in [9.17, 15) is 9.18 Å². The van der Waals surface area contributed by atoms with Gasteiger partial charge >= 0.3 is 0 Å². The highest BCUT2D eigenvalue weighted by molar-refractivity contribution is 9.09. The van der Waals surface area contributed by atoms with Crippen LogP contribution in [0.2, 0.25) is 0 Å². The molecule has 0 bridgehead atoms. The molecule has 5 heteroatoms. The summed E-state index contributed by atoms with van der Waals surface area (Å²) in [5.41, 5.74) is -0.0494. The van der Waals surface area contributed by atoms with Crippen molar-refractivity contribution < 1.29 is 13.9 Å². The summed E-state index contributed by atoms with van der Waals surface area (Å²) >= 11 is 3.33. The largest absolute Gasteiger partial charge is 0.496 e. The van der Waals surface area contributed by atoms with Crippen LogP contribution in [0.15, 0.2) is 18.2 Å². The van der Waals surface area contributed by atoms with E-state index in [-0.39, 0.29) is 23.3 Å². The maximum Gasteiger partial charge on any atom is 0.258 e. The van der Waals surface area contributed by atoms with E-state index < -0.39 is 11.7 Å². The Morgan fingerprint density at radius 1 is 1.50 bits per heavy atom. The Labute approximate surface area is 115 Å². The van der Waals surface area contributed by atoms with E-state index in [1.54, 1.807) is 6.07 Å². The van der Waals surface area contributed by atoms with Gasteiger partial charge in [-0.05, 0) is 18.1 Å². The zero-order valence-electron chi connectivity index (χ0n) is 10.7. The Morgan fingerprint density at radius 2 is 2.17 bits per heavy atom. The summed E-state index contributed by atoms with van der Waals surface area (Å²) in [7, 11) is 1.41. The number of alkyl halides is 1. The van der Waals surface area contributed by atoms with E-state index in [0.29, 0.717) is 5.33 Å². The average Bonchev–Trinajstić information content (AvgIpc) is 2.34. The topological polar surface area (TPSA) is 38.3 Å². The zero-order chi connectivity index (χ0) is 13.7. The summed E-state index contributed by atoms with van der Waals surface area (Å²) < 4.78 is 18.7. The number of nitrogens with one attached hydrogen (secondary N) is 1. The van der Waals surface area contributed by atoms with Gasteiger partial charge in [0.15, 0.2) is 0 Å². The molecule has 0 fully saturated rings. The molecular formula is C13H17BrFNO2. The van der Waals surface area contributed by atoms with E-state index in [1.165, 1.54) is 19.2 Å². The molecule has 0 saturated heterocycles. The molecule has 0 saturated carbocycles. The molecule has 1 amide bonds. The first kappa shape index (κ1) is 15.0. The number of benzene rings is 1. The van der Waals surface area contributed by atoms with Gasteiger partial charge in [-0.25, -0.2) is 4.39 Å². The molecule has 1 rings (SSSR count). The maximum absolute atomic E-state index is 13.7. The fraction of sp³-hybridized carbons (Fsp3) is 0.462. The molecule has 0 radical (unpaired) electrons. The Hall–Kier alpha value is -1.10. The van der Waals surface area contributed by atoms with Crippen molar-refractivity contribution in [1.29, 1.82) is 0 Å². The van der Waals surface area contributed by atoms with Crippen LogP contribution in [-0.2, 0) is 0 Å². The summed E-state index contributed by atoms with van der Waals surface area (Å²) in [5, 5.41) is 3.41. The van der Waals surface area contributed by atoms with E-state index in [1.807, 2.05) is 13.8 Å². The molecule has 100 valence electrons. The van der Waals surface area contributed by atoms with Crippen molar-refractivity contribution in [3.63, 3.8) is 0 Å². The van der Waals surface area contributed by atoms with Crippen LogP contribution < -0.4 is 10.1 Å². The number of carbonyl (C=O) groups excluding carboxylic acids is 1. The molecule has 0 aromatic heterocycles. The molecule has 0 aliphatic rings. The Balaban J connectivity index is 2.97. The molecule has 1 aromatic carbocycles. The van der Waals surface area contributed by atoms with E-state index in [2.05, 4.69) is 21.2 Å². The van der Waals surface area contributed by atoms with Gasteiger partial charge in [-0.15, -0.1) is 0 Å². The van der Waals surface area contributed by atoms with Gasteiger partial charge in [-0.3, -0.25) is 4.79 Å². The summed E-state index contributed by atoms with van der Waals surface area (Å²) in [4.78, 5) is 12.1. The second-order valence-electron chi connectivity index (χ2n) is 4.30. The van der Waals surface area contributed by atoms with Gasteiger partial charge in [0.05, 0.1) is 7.11 Å². The van der Waals surface area contributed by atoms with Crippen molar-refractivity contribution in [2.45, 2.75) is 19.9 Å². The normalized spacial score (nSPS) is 12.3. The Bertz CT molecular complexity index is 423. The minimum Gasteiger partial charge on any atom is -0.496 e. The van der Waals surface area contributed by atoms with Crippen LogP contribution in [0.1, 0.15) is 24.2 Å². The minimum absolute atomic E-state index is 0.0494. The van der Waals surface area contributed by atoms with Crippen molar-refractivity contribution in [3.05, 3.63) is 29.6 Å². The smallest absolute Gasteiger partial charge is 0.258 e. The van der Waals surface area contributed by atoms with Crippen LogP contribution in [0, 0.1) is 11.7 Å². The summed E-state index contributed by atoms with van der Waals surface area (Å²) in [6, 6.07) is 4.27. The number of hydrogen-bond acceptors (Lipinski definition) is 2.